The number of nitrogens with two attached hydrogens (primary N) is 1. The standard InChI is InChI=1S/C17H18ClN3O4S2/c18-12-1-3-13(4-2-12)27(24,25)20-14-7-10-26-15(14)17(23)21-8-5-11(6-9-21)16(19)22/h1-4,7,10-11,20H,5-6,8-9H2,(H2,19,22). The molecule has 7 nitrogen and oxygen atoms in total. The van der Waals surface area contributed by atoms with Crippen molar-refractivity contribution in [2.45, 2.75) is 17.7 Å². The number of piperidine rings is 1. The molecule has 0 aliphatic carbocycles. The molecule has 0 radical (unpaired) electrons. The Morgan fingerprint density at radius 3 is 2.37 bits per heavy atom. The minimum absolute atomic E-state index is 0.0544. The van der Waals surface area contributed by atoms with Crippen molar-refractivity contribution in [3.8, 4) is 0 Å². The SMILES string of the molecule is NC(=O)C1CCN(C(=O)c2sccc2NS(=O)(=O)c2ccc(Cl)cc2)CC1. The second kappa shape index (κ2) is 7.87. The van der Waals surface area contributed by atoms with Crippen LogP contribution in [0.2, 0.25) is 5.02 Å². The minimum atomic E-state index is -3.84. The summed E-state index contributed by atoms with van der Waals surface area (Å²) in [6.45, 7) is 0.821. The number of primary amides is 1. The third kappa shape index (κ3) is 4.42. The highest BCUT2D eigenvalue weighted by atomic mass is 35.5. The molecule has 1 aliphatic rings. The van der Waals surface area contributed by atoms with Gasteiger partial charge in [-0.2, -0.15) is 0 Å². The van der Waals surface area contributed by atoms with E-state index in [-0.39, 0.29) is 28.3 Å². The molecule has 3 rings (SSSR count). The van der Waals surface area contributed by atoms with Gasteiger partial charge in [-0.15, -0.1) is 11.3 Å². The molecule has 1 saturated heterocycles. The predicted octanol–water partition coefficient (Wildman–Crippen LogP) is 2.54. The molecular formula is C17H18ClN3O4S2. The van der Waals surface area contributed by atoms with E-state index in [9.17, 15) is 18.0 Å². The Morgan fingerprint density at radius 1 is 1.15 bits per heavy atom. The molecule has 1 aromatic carbocycles. The molecule has 1 fully saturated rings. The van der Waals surface area contributed by atoms with Crippen LogP contribution >= 0.6 is 22.9 Å². The predicted molar refractivity (Wildman–Crippen MR) is 104 cm³/mol. The number of sulfonamides is 1. The van der Waals surface area contributed by atoms with Gasteiger partial charge in [-0.25, -0.2) is 8.42 Å². The van der Waals surface area contributed by atoms with Crippen LogP contribution in [0.4, 0.5) is 5.69 Å². The van der Waals surface area contributed by atoms with Gasteiger partial charge in [0, 0.05) is 24.0 Å². The molecule has 1 aromatic heterocycles. The Kier molecular flexibility index (Phi) is 5.73. The zero-order chi connectivity index (χ0) is 19.6. The topological polar surface area (TPSA) is 110 Å². The Hall–Kier alpha value is -2.10. The molecule has 10 heteroatoms. The first kappa shape index (κ1) is 19.7. The van der Waals surface area contributed by atoms with Crippen LogP contribution in [0.25, 0.3) is 0 Å². The fraction of sp³-hybridized carbons (Fsp3) is 0.294. The summed E-state index contributed by atoms with van der Waals surface area (Å²) in [4.78, 5) is 26.0. The number of nitrogens with zero attached hydrogens (tertiary/aromatic N) is 1. The number of hydrogen-bond donors (Lipinski definition) is 2. The molecule has 0 atom stereocenters. The van der Waals surface area contributed by atoms with Crippen LogP contribution in [0.3, 0.4) is 0 Å². The van der Waals surface area contributed by atoms with Gasteiger partial charge in [0.1, 0.15) is 4.88 Å². The first-order chi connectivity index (χ1) is 12.8. The van der Waals surface area contributed by atoms with Gasteiger partial charge >= 0.3 is 0 Å². The van der Waals surface area contributed by atoms with Crippen LogP contribution < -0.4 is 10.5 Å². The summed E-state index contributed by atoms with van der Waals surface area (Å²) in [5.41, 5.74) is 5.55. The second-order valence-electron chi connectivity index (χ2n) is 6.19. The molecule has 2 heterocycles. The van der Waals surface area contributed by atoms with Crippen molar-refractivity contribution in [1.29, 1.82) is 0 Å². The number of carbonyl (C=O) groups excluding carboxylic acids is 2. The zero-order valence-corrected chi connectivity index (χ0v) is 16.6. The number of thiophene rings is 1. The van der Waals surface area contributed by atoms with Gasteiger partial charge in [0.05, 0.1) is 10.6 Å². The minimum Gasteiger partial charge on any atom is -0.369 e. The van der Waals surface area contributed by atoms with Gasteiger partial charge in [0.25, 0.3) is 15.9 Å². The molecule has 2 aromatic rings. The van der Waals surface area contributed by atoms with Gasteiger partial charge in [-0.1, -0.05) is 11.6 Å². The van der Waals surface area contributed by atoms with Gasteiger partial charge < -0.3 is 10.6 Å². The fourth-order valence-electron chi connectivity index (χ4n) is 2.88. The average Bonchev–Trinajstić information content (AvgIpc) is 3.09. The summed E-state index contributed by atoms with van der Waals surface area (Å²) in [5.74, 6) is -0.836. The lowest BCUT2D eigenvalue weighted by Gasteiger charge is -2.30. The maximum absolute atomic E-state index is 12.8. The van der Waals surface area contributed by atoms with Crippen molar-refractivity contribution >= 4 is 50.5 Å². The van der Waals surface area contributed by atoms with Crippen LogP contribution in [-0.4, -0.2) is 38.2 Å². The van der Waals surface area contributed by atoms with Crippen molar-refractivity contribution in [2.75, 3.05) is 17.8 Å². The summed E-state index contributed by atoms with van der Waals surface area (Å²) < 4.78 is 27.6. The molecule has 0 spiro atoms. The zero-order valence-electron chi connectivity index (χ0n) is 14.2. The van der Waals surface area contributed by atoms with Crippen LogP contribution in [0.15, 0.2) is 40.6 Å². The Morgan fingerprint density at radius 2 is 1.78 bits per heavy atom. The fourth-order valence-corrected chi connectivity index (χ4v) is 4.96. The average molecular weight is 428 g/mol. The lowest BCUT2D eigenvalue weighted by Crippen LogP contribution is -2.41. The van der Waals surface area contributed by atoms with E-state index in [2.05, 4.69) is 4.72 Å². The number of halogens is 1. The van der Waals surface area contributed by atoms with Gasteiger partial charge in [0.15, 0.2) is 0 Å². The normalized spacial score (nSPS) is 15.5. The lowest BCUT2D eigenvalue weighted by atomic mass is 9.96. The highest BCUT2D eigenvalue weighted by Crippen LogP contribution is 2.28. The number of anilines is 1. The molecule has 2 amide bonds. The van der Waals surface area contributed by atoms with Crippen molar-refractivity contribution in [2.24, 2.45) is 11.7 Å². The molecule has 0 unspecified atom stereocenters. The van der Waals surface area contributed by atoms with E-state index >= 15 is 0 Å². The smallest absolute Gasteiger partial charge is 0.266 e. The molecule has 27 heavy (non-hydrogen) atoms. The first-order valence-corrected chi connectivity index (χ1v) is 11.0. The van der Waals surface area contributed by atoms with Gasteiger partial charge in [0.2, 0.25) is 5.91 Å². The maximum Gasteiger partial charge on any atom is 0.266 e. The number of nitrogens with one attached hydrogen (secondary N) is 1. The van der Waals surface area contributed by atoms with E-state index < -0.39 is 10.0 Å². The van der Waals surface area contributed by atoms with E-state index in [1.54, 1.807) is 16.3 Å². The monoisotopic (exact) mass is 427 g/mol. The van der Waals surface area contributed by atoms with Crippen molar-refractivity contribution in [1.82, 2.24) is 4.90 Å². The maximum atomic E-state index is 12.8. The third-order valence-electron chi connectivity index (χ3n) is 4.41. The number of benzene rings is 1. The quantitative estimate of drug-likeness (QED) is 0.763. The van der Waals surface area contributed by atoms with Crippen molar-refractivity contribution in [3.63, 3.8) is 0 Å². The highest BCUT2D eigenvalue weighted by Gasteiger charge is 2.29. The van der Waals surface area contributed by atoms with E-state index in [1.807, 2.05) is 0 Å². The number of carbonyl (C=O) groups is 2. The summed E-state index contributed by atoms with van der Waals surface area (Å²) in [7, 11) is -3.84. The Bertz CT molecular complexity index is 949. The van der Waals surface area contributed by atoms with Crippen LogP contribution in [-0.2, 0) is 14.8 Å². The Balaban J connectivity index is 1.75. The first-order valence-electron chi connectivity index (χ1n) is 8.22. The summed E-state index contributed by atoms with van der Waals surface area (Å²) in [6, 6.07) is 7.32. The van der Waals surface area contributed by atoms with Crippen molar-refractivity contribution in [3.05, 3.63) is 45.6 Å². The summed E-state index contributed by atoms with van der Waals surface area (Å²) >= 11 is 6.96. The highest BCUT2D eigenvalue weighted by molar-refractivity contribution is 7.92. The van der Waals surface area contributed by atoms with Crippen molar-refractivity contribution < 1.29 is 18.0 Å². The van der Waals surface area contributed by atoms with E-state index in [0.29, 0.717) is 35.8 Å². The molecular weight excluding hydrogens is 410 g/mol. The molecule has 0 saturated carbocycles. The summed E-state index contributed by atoms with van der Waals surface area (Å²) in [5, 5.41) is 2.09. The second-order valence-corrected chi connectivity index (χ2v) is 9.23. The van der Waals surface area contributed by atoms with E-state index in [4.69, 9.17) is 17.3 Å². The van der Waals surface area contributed by atoms with Crippen LogP contribution in [0.5, 0.6) is 0 Å². The number of rotatable bonds is 5. The van der Waals surface area contributed by atoms with Gasteiger partial charge in [-0.3, -0.25) is 14.3 Å². The third-order valence-corrected chi connectivity index (χ3v) is 6.95. The Labute approximate surface area is 166 Å². The van der Waals surface area contributed by atoms with Gasteiger partial charge in [-0.05, 0) is 48.6 Å². The molecule has 1 aliphatic heterocycles. The molecule has 144 valence electrons. The number of likely N-dealkylation sites (tertiary alicyclic amines) is 1. The molecule has 3 N–H and O–H groups in total. The van der Waals surface area contributed by atoms with Crippen LogP contribution in [0, 0.1) is 5.92 Å². The largest absolute Gasteiger partial charge is 0.369 e. The van der Waals surface area contributed by atoms with Crippen LogP contribution in [0.1, 0.15) is 22.5 Å². The number of hydrogen-bond acceptors (Lipinski definition) is 5. The summed E-state index contributed by atoms with van der Waals surface area (Å²) in [6.07, 6.45) is 1.02. The number of amides is 2. The molecule has 0 bridgehead atoms. The van der Waals surface area contributed by atoms with E-state index in [1.165, 1.54) is 35.6 Å². The lowest BCUT2D eigenvalue weighted by molar-refractivity contribution is -0.123. The van der Waals surface area contributed by atoms with E-state index in [0.717, 1.165) is 0 Å².